The molecule has 0 atom stereocenters. The maximum absolute atomic E-state index is 12.2. The molecule has 1 N–H and O–H groups in total. The first-order valence-electron chi connectivity index (χ1n) is 8.63. The summed E-state index contributed by atoms with van der Waals surface area (Å²) >= 11 is 1.42. The molecule has 0 unspecified atom stereocenters. The lowest BCUT2D eigenvalue weighted by atomic mass is 10.1. The summed E-state index contributed by atoms with van der Waals surface area (Å²) in [4.78, 5) is 16.6. The molecule has 0 saturated carbocycles. The molecule has 4 aromatic rings. The minimum Gasteiger partial charge on any atom is -0.351 e. The Morgan fingerprint density at radius 2 is 1.78 bits per heavy atom. The Hall–Kier alpha value is -3.12. The van der Waals surface area contributed by atoms with E-state index in [-0.39, 0.29) is 5.91 Å². The first-order valence-corrected chi connectivity index (χ1v) is 9.61. The van der Waals surface area contributed by atoms with Gasteiger partial charge in [0.1, 0.15) is 5.03 Å². The normalized spacial score (nSPS) is 10.8. The van der Waals surface area contributed by atoms with Crippen LogP contribution in [-0.2, 0) is 11.3 Å². The summed E-state index contributed by atoms with van der Waals surface area (Å²) in [6, 6.07) is 21.9. The fourth-order valence-electron chi connectivity index (χ4n) is 2.74. The molecular formula is C21H18N4OS. The Morgan fingerprint density at radius 3 is 2.56 bits per heavy atom. The van der Waals surface area contributed by atoms with E-state index in [1.807, 2.05) is 72.9 Å². The highest BCUT2D eigenvalue weighted by Crippen LogP contribution is 2.25. The monoisotopic (exact) mass is 374 g/mol. The zero-order valence-corrected chi connectivity index (χ0v) is 15.4. The van der Waals surface area contributed by atoms with E-state index in [0.29, 0.717) is 12.3 Å². The summed E-state index contributed by atoms with van der Waals surface area (Å²) < 4.78 is 1.81. The van der Waals surface area contributed by atoms with Crippen molar-refractivity contribution < 1.29 is 4.79 Å². The van der Waals surface area contributed by atoms with Crippen LogP contribution < -0.4 is 5.32 Å². The fraction of sp³-hybridized carbons (Fsp3) is 0.0952. The van der Waals surface area contributed by atoms with Crippen molar-refractivity contribution in [2.75, 3.05) is 5.75 Å². The van der Waals surface area contributed by atoms with E-state index in [0.717, 1.165) is 27.4 Å². The predicted molar refractivity (Wildman–Crippen MR) is 107 cm³/mol. The van der Waals surface area contributed by atoms with Gasteiger partial charge in [0.2, 0.25) is 5.91 Å². The third-order valence-electron chi connectivity index (χ3n) is 4.10. The number of aromatic nitrogens is 3. The van der Waals surface area contributed by atoms with Crippen molar-refractivity contribution in [3.8, 4) is 11.3 Å². The van der Waals surface area contributed by atoms with Crippen molar-refractivity contribution in [1.82, 2.24) is 19.9 Å². The van der Waals surface area contributed by atoms with Crippen molar-refractivity contribution in [3.05, 3.63) is 84.7 Å². The number of rotatable bonds is 6. The van der Waals surface area contributed by atoms with Crippen LogP contribution in [0.1, 0.15) is 5.56 Å². The van der Waals surface area contributed by atoms with Crippen LogP contribution in [0.4, 0.5) is 0 Å². The first kappa shape index (κ1) is 17.3. The summed E-state index contributed by atoms with van der Waals surface area (Å²) in [6.07, 6.45) is 3.53. The number of fused-ring (bicyclic) bond motifs is 1. The van der Waals surface area contributed by atoms with Crippen molar-refractivity contribution >= 4 is 23.2 Å². The van der Waals surface area contributed by atoms with Gasteiger partial charge in [-0.25, -0.2) is 9.50 Å². The number of nitrogens with zero attached hydrogens (tertiary/aromatic N) is 3. The SMILES string of the molecule is O=C(CSc1nccn2nc(-c3ccccc3)cc12)NCc1ccccc1. The van der Waals surface area contributed by atoms with Gasteiger partial charge in [-0.15, -0.1) is 0 Å². The third kappa shape index (κ3) is 4.17. The van der Waals surface area contributed by atoms with Gasteiger partial charge in [0.15, 0.2) is 0 Å². The number of thioether (sulfide) groups is 1. The average Bonchev–Trinajstić information content (AvgIpc) is 3.17. The standard InChI is InChI=1S/C21H18N4OS/c26-20(23-14-16-7-3-1-4-8-16)15-27-21-19-13-18(17-9-5-2-6-10-17)24-25(19)12-11-22-21/h1-13H,14-15H2,(H,23,26). The number of benzene rings is 2. The molecule has 0 spiro atoms. The van der Waals surface area contributed by atoms with Gasteiger partial charge in [-0.1, -0.05) is 72.4 Å². The van der Waals surface area contributed by atoms with Crippen LogP contribution in [0.15, 0.2) is 84.1 Å². The molecule has 27 heavy (non-hydrogen) atoms. The summed E-state index contributed by atoms with van der Waals surface area (Å²) in [5, 5.41) is 8.34. The van der Waals surface area contributed by atoms with Crippen molar-refractivity contribution in [2.24, 2.45) is 0 Å². The van der Waals surface area contributed by atoms with E-state index >= 15 is 0 Å². The largest absolute Gasteiger partial charge is 0.351 e. The average molecular weight is 374 g/mol. The fourth-order valence-corrected chi connectivity index (χ4v) is 3.55. The second kappa shape index (κ2) is 8.05. The van der Waals surface area contributed by atoms with Gasteiger partial charge in [-0.2, -0.15) is 5.10 Å². The van der Waals surface area contributed by atoms with Crippen LogP contribution in [0.2, 0.25) is 0 Å². The maximum Gasteiger partial charge on any atom is 0.230 e. The Labute approximate surface area is 161 Å². The summed E-state index contributed by atoms with van der Waals surface area (Å²) in [6.45, 7) is 0.530. The zero-order chi connectivity index (χ0) is 18.5. The van der Waals surface area contributed by atoms with Gasteiger partial charge in [-0.05, 0) is 11.6 Å². The molecule has 0 aliphatic heterocycles. The summed E-state index contributed by atoms with van der Waals surface area (Å²) in [7, 11) is 0. The molecule has 2 aromatic heterocycles. The minimum absolute atomic E-state index is 0.0181. The highest BCUT2D eigenvalue weighted by molar-refractivity contribution is 8.00. The molecule has 6 heteroatoms. The van der Waals surface area contributed by atoms with E-state index in [2.05, 4.69) is 15.4 Å². The predicted octanol–water partition coefficient (Wildman–Crippen LogP) is 3.80. The van der Waals surface area contributed by atoms with E-state index in [1.165, 1.54) is 11.8 Å². The van der Waals surface area contributed by atoms with Crippen LogP contribution >= 0.6 is 11.8 Å². The first-order chi connectivity index (χ1) is 13.3. The molecule has 0 bridgehead atoms. The van der Waals surface area contributed by atoms with Gasteiger partial charge >= 0.3 is 0 Å². The Kier molecular flexibility index (Phi) is 5.16. The third-order valence-corrected chi connectivity index (χ3v) is 5.09. The zero-order valence-electron chi connectivity index (χ0n) is 14.6. The minimum atomic E-state index is -0.0181. The van der Waals surface area contributed by atoms with E-state index in [4.69, 9.17) is 0 Å². The molecule has 0 saturated heterocycles. The summed E-state index contributed by atoms with van der Waals surface area (Å²) in [5.41, 5.74) is 3.92. The number of carbonyl (C=O) groups excluding carboxylic acids is 1. The highest BCUT2D eigenvalue weighted by Gasteiger charge is 2.11. The topological polar surface area (TPSA) is 59.3 Å². The van der Waals surface area contributed by atoms with Crippen LogP contribution in [-0.4, -0.2) is 26.3 Å². The van der Waals surface area contributed by atoms with Gasteiger partial charge in [0.05, 0.1) is 17.0 Å². The molecule has 1 amide bonds. The molecule has 0 fully saturated rings. The number of carbonyl (C=O) groups is 1. The van der Waals surface area contributed by atoms with E-state index in [1.54, 1.807) is 10.7 Å². The molecule has 0 aliphatic carbocycles. The molecule has 0 radical (unpaired) electrons. The molecule has 2 heterocycles. The van der Waals surface area contributed by atoms with Crippen LogP contribution in [0, 0.1) is 0 Å². The number of nitrogens with one attached hydrogen (secondary N) is 1. The smallest absolute Gasteiger partial charge is 0.230 e. The number of hydrogen-bond acceptors (Lipinski definition) is 4. The van der Waals surface area contributed by atoms with Gasteiger partial charge in [0.25, 0.3) is 0 Å². The Bertz CT molecular complexity index is 1050. The lowest BCUT2D eigenvalue weighted by molar-refractivity contribution is -0.118. The van der Waals surface area contributed by atoms with Crippen molar-refractivity contribution in [1.29, 1.82) is 0 Å². The molecular weight excluding hydrogens is 356 g/mol. The maximum atomic E-state index is 12.2. The lowest BCUT2D eigenvalue weighted by Gasteiger charge is -2.05. The van der Waals surface area contributed by atoms with Crippen molar-refractivity contribution in [2.45, 2.75) is 11.6 Å². The number of amides is 1. The number of hydrogen-bond donors (Lipinski definition) is 1. The second-order valence-electron chi connectivity index (χ2n) is 6.01. The summed E-state index contributed by atoms with van der Waals surface area (Å²) in [5.74, 6) is 0.293. The molecule has 4 rings (SSSR count). The molecule has 2 aromatic carbocycles. The highest BCUT2D eigenvalue weighted by atomic mass is 32.2. The van der Waals surface area contributed by atoms with Crippen LogP contribution in [0.5, 0.6) is 0 Å². The van der Waals surface area contributed by atoms with Crippen LogP contribution in [0.25, 0.3) is 16.8 Å². The molecule has 5 nitrogen and oxygen atoms in total. The van der Waals surface area contributed by atoms with E-state index < -0.39 is 0 Å². The molecule has 0 aliphatic rings. The lowest BCUT2D eigenvalue weighted by Crippen LogP contribution is -2.24. The van der Waals surface area contributed by atoms with Gasteiger partial charge in [0, 0.05) is 24.5 Å². The van der Waals surface area contributed by atoms with Gasteiger partial charge in [-0.3, -0.25) is 4.79 Å². The Morgan fingerprint density at radius 1 is 1.04 bits per heavy atom. The second-order valence-corrected chi connectivity index (χ2v) is 6.97. The molecule has 134 valence electrons. The van der Waals surface area contributed by atoms with Gasteiger partial charge < -0.3 is 5.32 Å². The Balaban J connectivity index is 1.44. The van der Waals surface area contributed by atoms with Crippen LogP contribution in [0.3, 0.4) is 0 Å². The quantitative estimate of drug-likeness (QED) is 0.522. The van der Waals surface area contributed by atoms with Crippen molar-refractivity contribution in [3.63, 3.8) is 0 Å². The van der Waals surface area contributed by atoms with E-state index in [9.17, 15) is 4.79 Å².